The first kappa shape index (κ1) is 25.8. The zero-order valence-corrected chi connectivity index (χ0v) is 20.3. The summed E-state index contributed by atoms with van der Waals surface area (Å²) in [6.45, 7) is -2.07. The fraction of sp³-hybridized carbons (Fsp3) is 0.154. The Balaban J connectivity index is 1.43. The molecule has 0 saturated carbocycles. The predicted molar refractivity (Wildman–Crippen MR) is 137 cm³/mol. The van der Waals surface area contributed by atoms with Gasteiger partial charge in [0.15, 0.2) is 5.65 Å². The molecule has 0 aliphatic carbocycles. The largest absolute Gasteiger partial charge is 0.457 e. The summed E-state index contributed by atoms with van der Waals surface area (Å²) in [6.07, 6.45) is 5.93. The number of halogens is 2. The van der Waals surface area contributed by atoms with Gasteiger partial charge in [-0.2, -0.15) is 19.0 Å². The molecular formula is C26H23F2N7O4. The van der Waals surface area contributed by atoms with Gasteiger partial charge in [0.1, 0.15) is 22.8 Å². The van der Waals surface area contributed by atoms with Gasteiger partial charge in [0.2, 0.25) is 0 Å². The van der Waals surface area contributed by atoms with Crippen LogP contribution in [-0.4, -0.2) is 55.6 Å². The van der Waals surface area contributed by atoms with Gasteiger partial charge in [-0.25, -0.2) is 9.50 Å². The van der Waals surface area contributed by atoms with E-state index in [4.69, 9.17) is 14.6 Å². The van der Waals surface area contributed by atoms with Gasteiger partial charge in [-0.3, -0.25) is 9.89 Å². The lowest BCUT2D eigenvalue weighted by atomic mass is 10.1. The van der Waals surface area contributed by atoms with E-state index in [1.54, 1.807) is 18.3 Å². The van der Waals surface area contributed by atoms with Crippen LogP contribution in [0, 0.1) is 0 Å². The van der Waals surface area contributed by atoms with Crippen LogP contribution in [0.15, 0.2) is 73.3 Å². The SMILES string of the molecule is O=C(Nc1cn[nH]c1-c1cc(Oc2cccc(CNCCO)c2)ccc1OC(F)F)c1cnn2cccnc12. The molecule has 3 aromatic heterocycles. The molecule has 1 amide bonds. The molecule has 5 aromatic rings. The van der Waals surface area contributed by atoms with Crippen molar-refractivity contribution < 1.29 is 28.2 Å². The van der Waals surface area contributed by atoms with Gasteiger partial charge in [0, 0.05) is 31.0 Å². The highest BCUT2D eigenvalue weighted by Crippen LogP contribution is 2.38. The molecule has 39 heavy (non-hydrogen) atoms. The molecule has 13 heteroatoms. The second-order valence-corrected chi connectivity index (χ2v) is 8.25. The highest BCUT2D eigenvalue weighted by atomic mass is 19.3. The van der Waals surface area contributed by atoms with Crippen molar-refractivity contribution in [2.45, 2.75) is 13.2 Å². The number of rotatable bonds is 11. The van der Waals surface area contributed by atoms with Crippen molar-refractivity contribution in [1.29, 1.82) is 0 Å². The van der Waals surface area contributed by atoms with Gasteiger partial charge in [0.05, 0.1) is 30.4 Å². The van der Waals surface area contributed by atoms with Crippen LogP contribution in [0.3, 0.4) is 0 Å². The van der Waals surface area contributed by atoms with E-state index in [-0.39, 0.29) is 34.9 Å². The number of H-pyrrole nitrogens is 1. The third-order valence-corrected chi connectivity index (χ3v) is 5.60. The average molecular weight is 536 g/mol. The highest BCUT2D eigenvalue weighted by Gasteiger charge is 2.21. The Morgan fingerprint density at radius 3 is 2.85 bits per heavy atom. The molecule has 0 atom stereocenters. The maximum atomic E-state index is 13.2. The van der Waals surface area contributed by atoms with Crippen LogP contribution >= 0.6 is 0 Å². The second kappa shape index (κ2) is 11.7. The number of aliphatic hydroxyl groups is 1. The Hall–Kier alpha value is -4.88. The van der Waals surface area contributed by atoms with Crippen LogP contribution in [0.5, 0.6) is 17.2 Å². The van der Waals surface area contributed by atoms with Crippen LogP contribution < -0.4 is 20.1 Å². The lowest BCUT2D eigenvalue weighted by Crippen LogP contribution is -2.17. The Morgan fingerprint density at radius 2 is 2.00 bits per heavy atom. The van der Waals surface area contributed by atoms with Crippen molar-refractivity contribution in [3.8, 4) is 28.5 Å². The summed E-state index contributed by atoms with van der Waals surface area (Å²) in [5, 5.41) is 25.6. The van der Waals surface area contributed by atoms with Crippen LogP contribution in [-0.2, 0) is 6.54 Å². The van der Waals surface area contributed by atoms with Crippen molar-refractivity contribution in [2.75, 3.05) is 18.5 Å². The zero-order chi connectivity index (χ0) is 27.2. The molecule has 0 aliphatic heterocycles. The maximum Gasteiger partial charge on any atom is 0.387 e. The zero-order valence-electron chi connectivity index (χ0n) is 20.3. The molecule has 0 bridgehead atoms. The topological polar surface area (TPSA) is 139 Å². The fourth-order valence-electron chi connectivity index (χ4n) is 3.90. The van der Waals surface area contributed by atoms with Crippen molar-refractivity contribution in [2.24, 2.45) is 0 Å². The molecule has 3 heterocycles. The van der Waals surface area contributed by atoms with E-state index in [1.165, 1.54) is 41.3 Å². The minimum absolute atomic E-state index is 0.0259. The summed E-state index contributed by atoms with van der Waals surface area (Å²) in [4.78, 5) is 17.2. The number of aromatic amines is 1. The van der Waals surface area contributed by atoms with Crippen molar-refractivity contribution in [1.82, 2.24) is 30.1 Å². The number of carbonyl (C=O) groups excluding carboxylic acids is 1. The molecule has 200 valence electrons. The number of hydrogen-bond acceptors (Lipinski definition) is 8. The van der Waals surface area contributed by atoms with Crippen LogP contribution in [0.4, 0.5) is 14.5 Å². The molecule has 5 rings (SSSR count). The van der Waals surface area contributed by atoms with Gasteiger partial charge in [-0.15, -0.1) is 0 Å². The summed E-state index contributed by atoms with van der Waals surface area (Å²) in [7, 11) is 0. The minimum atomic E-state index is -3.08. The summed E-state index contributed by atoms with van der Waals surface area (Å²) in [5.74, 6) is 0.203. The average Bonchev–Trinajstić information content (AvgIpc) is 3.57. The lowest BCUT2D eigenvalue weighted by molar-refractivity contribution is -0.0494. The first-order chi connectivity index (χ1) is 19.0. The van der Waals surface area contributed by atoms with Crippen molar-refractivity contribution in [3.63, 3.8) is 0 Å². The molecule has 0 spiro atoms. The number of fused-ring (bicyclic) bond motifs is 1. The minimum Gasteiger partial charge on any atom is -0.457 e. The van der Waals surface area contributed by atoms with Gasteiger partial charge in [-0.05, 0) is 42.0 Å². The Labute approximate surface area is 220 Å². The lowest BCUT2D eigenvalue weighted by Gasteiger charge is -2.14. The Morgan fingerprint density at radius 1 is 1.13 bits per heavy atom. The van der Waals surface area contributed by atoms with E-state index in [0.29, 0.717) is 30.2 Å². The molecular weight excluding hydrogens is 512 g/mol. The monoisotopic (exact) mass is 535 g/mol. The number of alkyl halides is 2. The van der Waals surface area contributed by atoms with E-state index in [0.717, 1.165) is 5.56 Å². The summed E-state index contributed by atoms with van der Waals surface area (Å²) < 4.78 is 38.6. The van der Waals surface area contributed by atoms with E-state index in [1.807, 2.05) is 18.2 Å². The number of anilines is 1. The molecule has 2 aromatic carbocycles. The number of carbonyl (C=O) groups is 1. The van der Waals surface area contributed by atoms with Gasteiger partial charge in [-0.1, -0.05) is 12.1 Å². The maximum absolute atomic E-state index is 13.2. The molecule has 4 N–H and O–H groups in total. The second-order valence-electron chi connectivity index (χ2n) is 8.25. The van der Waals surface area contributed by atoms with Crippen LogP contribution in [0.2, 0.25) is 0 Å². The van der Waals surface area contributed by atoms with E-state index >= 15 is 0 Å². The van der Waals surface area contributed by atoms with Gasteiger partial charge >= 0.3 is 6.61 Å². The van der Waals surface area contributed by atoms with Crippen LogP contribution in [0.25, 0.3) is 16.9 Å². The smallest absolute Gasteiger partial charge is 0.387 e. The first-order valence-corrected chi connectivity index (χ1v) is 11.8. The highest BCUT2D eigenvalue weighted by molar-refractivity contribution is 6.09. The predicted octanol–water partition coefficient (Wildman–Crippen LogP) is 3.85. The summed E-state index contributed by atoms with van der Waals surface area (Å²) in [5.41, 5.74) is 2.15. The van der Waals surface area contributed by atoms with Gasteiger partial charge in [0.25, 0.3) is 5.91 Å². The fourth-order valence-corrected chi connectivity index (χ4v) is 3.90. The molecule has 0 unspecified atom stereocenters. The first-order valence-electron chi connectivity index (χ1n) is 11.8. The number of aliphatic hydroxyl groups excluding tert-OH is 1. The number of benzene rings is 2. The number of hydrogen-bond donors (Lipinski definition) is 4. The number of aromatic nitrogens is 5. The molecule has 0 fully saturated rings. The number of nitrogens with one attached hydrogen (secondary N) is 3. The van der Waals surface area contributed by atoms with E-state index < -0.39 is 12.5 Å². The summed E-state index contributed by atoms with van der Waals surface area (Å²) in [6, 6.07) is 13.3. The normalized spacial score (nSPS) is 11.2. The standard InChI is InChI=1S/C26H23F2N7O4/c27-26(28)39-22-6-5-18(38-17-4-1-3-16(11-17)13-29-8-10-36)12-19(22)23-21(15-31-34-23)33-25(37)20-14-32-35-9-2-7-30-24(20)35/h1-7,9,11-12,14-15,26,29,36H,8,10,13H2,(H,31,34)(H,33,37). The van der Waals surface area contributed by atoms with Crippen molar-refractivity contribution in [3.05, 3.63) is 84.4 Å². The number of ether oxygens (including phenoxy) is 2. The molecule has 11 nitrogen and oxygen atoms in total. The van der Waals surface area contributed by atoms with E-state index in [2.05, 4.69) is 30.9 Å². The molecule has 0 aliphatic rings. The van der Waals surface area contributed by atoms with E-state index in [9.17, 15) is 13.6 Å². The van der Waals surface area contributed by atoms with Crippen LogP contribution in [0.1, 0.15) is 15.9 Å². The third-order valence-electron chi connectivity index (χ3n) is 5.60. The number of amides is 1. The number of nitrogens with zero attached hydrogens (tertiary/aromatic N) is 4. The Kier molecular flexibility index (Phi) is 7.70. The van der Waals surface area contributed by atoms with Crippen molar-refractivity contribution >= 4 is 17.2 Å². The third kappa shape index (κ3) is 6.00. The Bertz CT molecular complexity index is 1590. The quantitative estimate of drug-likeness (QED) is 0.187. The molecule has 0 radical (unpaired) electrons. The van der Waals surface area contributed by atoms with Gasteiger partial charge < -0.3 is 25.2 Å². The summed E-state index contributed by atoms with van der Waals surface area (Å²) >= 11 is 0. The molecule has 0 saturated heterocycles.